The van der Waals surface area contributed by atoms with Crippen molar-refractivity contribution in [1.82, 2.24) is 0 Å². The predicted molar refractivity (Wildman–Crippen MR) is 57.0 cm³/mol. The average molecular weight is 206 g/mol. The highest BCUT2D eigenvalue weighted by atomic mass is 19.1. The SMILES string of the molecule is [B]c1cc(F)ccc1C(=O)OC(C)(C)C. The molecule has 0 aromatic heterocycles. The molecule has 0 atom stereocenters. The van der Waals surface area contributed by atoms with Crippen molar-refractivity contribution in [2.24, 2.45) is 0 Å². The molecular weight excluding hydrogens is 194 g/mol. The van der Waals surface area contributed by atoms with E-state index in [2.05, 4.69) is 0 Å². The highest BCUT2D eigenvalue weighted by molar-refractivity contribution is 6.36. The van der Waals surface area contributed by atoms with Gasteiger partial charge in [-0.05, 0) is 39.0 Å². The summed E-state index contributed by atoms with van der Waals surface area (Å²) in [6, 6.07) is 3.59. The van der Waals surface area contributed by atoms with Crippen LogP contribution in [-0.2, 0) is 4.74 Å². The van der Waals surface area contributed by atoms with E-state index < -0.39 is 17.4 Å². The first-order chi connectivity index (χ1) is 6.79. The van der Waals surface area contributed by atoms with Gasteiger partial charge in [-0.2, -0.15) is 0 Å². The summed E-state index contributed by atoms with van der Waals surface area (Å²) in [7, 11) is 5.50. The first-order valence-electron chi connectivity index (χ1n) is 4.58. The molecule has 4 heteroatoms. The molecular formula is C11H12BFO2. The summed E-state index contributed by atoms with van der Waals surface area (Å²) in [5, 5.41) is 0. The lowest BCUT2D eigenvalue weighted by Gasteiger charge is -2.20. The number of esters is 1. The van der Waals surface area contributed by atoms with Gasteiger partial charge in [0.1, 0.15) is 19.3 Å². The van der Waals surface area contributed by atoms with E-state index in [9.17, 15) is 9.18 Å². The second-order valence-corrected chi connectivity index (χ2v) is 4.23. The number of hydrogen-bond donors (Lipinski definition) is 0. The van der Waals surface area contributed by atoms with Crippen LogP contribution in [0.2, 0.25) is 0 Å². The van der Waals surface area contributed by atoms with Crippen LogP contribution in [0, 0.1) is 5.82 Å². The second kappa shape index (κ2) is 4.05. The molecule has 0 amide bonds. The van der Waals surface area contributed by atoms with Gasteiger partial charge in [-0.25, -0.2) is 9.18 Å². The Kier molecular flexibility index (Phi) is 3.17. The van der Waals surface area contributed by atoms with Crippen LogP contribution in [0.25, 0.3) is 0 Å². The lowest BCUT2D eigenvalue weighted by atomic mass is 9.90. The molecule has 2 radical (unpaired) electrons. The zero-order valence-electron chi connectivity index (χ0n) is 9.00. The molecule has 0 heterocycles. The molecule has 2 nitrogen and oxygen atoms in total. The third-order valence-electron chi connectivity index (χ3n) is 1.63. The second-order valence-electron chi connectivity index (χ2n) is 4.23. The van der Waals surface area contributed by atoms with Gasteiger partial charge in [-0.3, -0.25) is 0 Å². The first-order valence-corrected chi connectivity index (χ1v) is 4.58. The Morgan fingerprint density at radius 3 is 2.47 bits per heavy atom. The van der Waals surface area contributed by atoms with E-state index >= 15 is 0 Å². The van der Waals surface area contributed by atoms with Gasteiger partial charge in [0.2, 0.25) is 0 Å². The van der Waals surface area contributed by atoms with Crippen molar-refractivity contribution in [3.8, 4) is 0 Å². The highest BCUT2D eigenvalue weighted by Crippen LogP contribution is 2.11. The van der Waals surface area contributed by atoms with Crippen molar-refractivity contribution in [3.63, 3.8) is 0 Å². The van der Waals surface area contributed by atoms with Crippen LogP contribution in [0.5, 0.6) is 0 Å². The Balaban J connectivity index is 2.92. The van der Waals surface area contributed by atoms with Crippen LogP contribution in [0.3, 0.4) is 0 Å². The molecule has 0 aliphatic heterocycles. The maximum atomic E-state index is 12.7. The zero-order chi connectivity index (χ0) is 11.6. The Labute approximate surface area is 89.8 Å². The Bertz CT molecular complexity index is 383. The molecule has 0 bridgehead atoms. The molecule has 0 fully saturated rings. The van der Waals surface area contributed by atoms with Crippen LogP contribution < -0.4 is 5.46 Å². The topological polar surface area (TPSA) is 26.3 Å². The normalized spacial score (nSPS) is 11.2. The number of carbonyl (C=O) groups is 1. The van der Waals surface area contributed by atoms with Crippen molar-refractivity contribution in [2.75, 3.05) is 0 Å². The van der Waals surface area contributed by atoms with Gasteiger partial charge in [-0.1, -0.05) is 5.46 Å². The Morgan fingerprint density at radius 1 is 1.40 bits per heavy atom. The van der Waals surface area contributed by atoms with E-state index in [1.54, 1.807) is 20.8 Å². The van der Waals surface area contributed by atoms with E-state index in [1.165, 1.54) is 12.1 Å². The van der Waals surface area contributed by atoms with Gasteiger partial charge in [0.05, 0.1) is 5.56 Å². The molecule has 0 aliphatic carbocycles. The number of rotatable bonds is 1. The summed E-state index contributed by atoms with van der Waals surface area (Å²) < 4.78 is 17.8. The van der Waals surface area contributed by atoms with Crippen LogP contribution in [0.1, 0.15) is 31.1 Å². The van der Waals surface area contributed by atoms with Gasteiger partial charge in [0.25, 0.3) is 0 Å². The van der Waals surface area contributed by atoms with Gasteiger partial charge in [-0.15, -0.1) is 0 Å². The van der Waals surface area contributed by atoms with Crippen molar-refractivity contribution in [2.45, 2.75) is 26.4 Å². The summed E-state index contributed by atoms with van der Waals surface area (Å²) in [6.07, 6.45) is 0. The molecule has 1 rings (SSSR count). The number of carbonyl (C=O) groups excluding carboxylic acids is 1. The smallest absolute Gasteiger partial charge is 0.338 e. The average Bonchev–Trinajstić information content (AvgIpc) is 1.99. The van der Waals surface area contributed by atoms with Crippen molar-refractivity contribution < 1.29 is 13.9 Å². The van der Waals surface area contributed by atoms with Crippen LogP contribution in [0.15, 0.2) is 18.2 Å². The fraction of sp³-hybridized carbons (Fsp3) is 0.364. The maximum Gasteiger partial charge on any atom is 0.338 e. The van der Waals surface area contributed by atoms with E-state index in [1.807, 2.05) is 0 Å². The minimum absolute atomic E-state index is 0.0873. The summed E-state index contributed by atoms with van der Waals surface area (Å²) in [5.74, 6) is -1.01. The van der Waals surface area contributed by atoms with Crippen LogP contribution in [-0.4, -0.2) is 19.4 Å². The van der Waals surface area contributed by atoms with Crippen LogP contribution >= 0.6 is 0 Å². The fourth-order valence-corrected chi connectivity index (χ4v) is 1.05. The monoisotopic (exact) mass is 206 g/mol. The Hall–Kier alpha value is -1.32. The van der Waals surface area contributed by atoms with Crippen molar-refractivity contribution >= 4 is 19.3 Å². The molecule has 1 aromatic rings. The molecule has 78 valence electrons. The largest absolute Gasteiger partial charge is 0.456 e. The van der Waals surface area contributed by atoms with E-state index in [4.69, 9.17) is 12.6 Å². The van der Waals surface area contributed by atoms with E-state index in [0.717, 1.165) is 6.07 Å². The molecule has 0 saturated heterocycles. The first kappa shape index (κ1) is 11.8. The lowest BCUT2D eigenvalue weighted by Crippen LogP contribution is -2.27. The third kappa shape index (κ3) is 3.38. The standard InChI is InChI=1S/C11H12BFO2/c1-11(2,3)15-10(14)8-5-4-7(13)6-9(8)12/h4-6H,1-3H3. The number of hydrogen-bond acceptors (Lipinski definition) is 2. The maximum absolute atomic E-state index is 12.7. The molecule has 1 aromatic carbocycles. The summed E-state index contributed by atoms with van der Waals surface area (Å²) in [6.45, 7) is 5.26. The fourth-order valence-electron chi connectivity index (χ4n) is 1.05. The highest BCUT2D eigenvalue weighted by Gasteiger charge is 2.18. The third-order valence-corrected chi connectivity index (χ3v) is 1.63. The van der Waals surface area contributed by atoms with Gasteiger partial charge >= 0.3 is 5.97 Å². The number of ether oxygens (including phenoxy) is 1. The van der Waals surface area contributed by atoms with Crippen molar-refractivity contribution in [3.05, 3.63) is 29.6 Å². The molecule has 0 saturated carbocycles. The number of benzene rings is 1. The summed E-state index contributed by atoms with van der Waals surface area (Å²) in [4.78, 5) is 11.6. The molecule has 0 aliphatic rings. The molecule has 0 spiro atoms. The zero-order valence-corrected chi connectivity index (χ0v) is 9.00. The minimum Gasteiger partial charge on any atom is -0.456 e. The predicted octanol–water partition coefficient (Wildman–Crippen LogP) is 1.57. The minimum atomic E-state index is -0.585. The Morgan fingerprint density at radius 2 is 2.00 bits per heavy atom. The lowest BCUT2D eigenvalue weighted by molar-refractivity contribution is 0.00711. The number of halogens is 1. The molecule has 0 unspecified atom stereocenters. The van der Waals surface area contributed by atoms with Crippen LogP contribution in [0.4, 0.5) is 4.39 Å². The van der Waals surface area contributed by atoms with Gasteiger partial charge < -0.3 is 4.74 Å². The molecule has 0 N–H and O–H groups in total. The van der Waals surface area contributed by atoms with Gasteiger partial charge in [0.15, 0.2) is 0 Å². The summed E-state index contributed by atoms with van der Waals surface area (Å²) in [5.41, 5.74) is -0.312. The quantitative estimate of drug-likeness (QED) is 0.515. The summed E-state index contributed by atoms with van der Waals surface area (Å²) >= 11 is 0. The molecule has 15 heavy (non-hydrogen) atoms. The van der Waals surface area contributed by atoms with Crippen molar-refractivity contribution in [1.29, 1.82) is 0 Å². The van der Waals surface area contributed by atoms with Gasteiger partial charge in [0, 0.05) is 0 Å². The van der Waals surface area contributed by atoms with E-state index in [-0.39, 0.29) is 11.0 Å². The van der Waals surface area contributed by atoms with E-state index in [0.29, 0.717) is 0 Å².